The Hall–Kier alpha value is -2.77. The molecule has 0 saturated heterocycles. The van der Waals surface area contributed by atoms with Gasteiger partial charge in [0.05, 0.1) is 7.05 Å². The molecule has 24 heavy (non-hydrogen) atoms. The van der Waals surface area contributed by atoms with Crippen LogP contribution in [-0.4, -0.2) is 37.6 Å². The number of tetrazole rings is 1. The maximum absolute atomic E-state index is 12.5. The SMILES string of the molecule is Cn1nnc(-c2ccc(C(=O)NC3(C(N)=O)CCCCC3)cc2)n1. The van der Waals surface area contributed by atoms with Crippen molar-refractivity contribution in [3.8, 4) is 11.4 Å². The zero-order valence-corrected chi connectivity index (χ0v) is 13.5. The molecule has 8 nitrogen and oxygen atoms in total. The molecular formula is C16H20N6O2. The summed E-state index contributed by atoms with van der Waals surface area (Å²) in [5.74, 6) is -0.268. The maximum atomic E-state index is 12.5. The summed E-state index contributed by atoms with van der Waals surface area (Å²) in [4.78, 5) is 25.7. The molecule has 0 radical (unpaired) electrons. The van der Waals surface area contributed by atoms with E-state index in [0.717, 1.165) is 24.8 Å². The Morgan fingerprint density at radius 2 is 1.83 bits per heavy atom. The first-order valence-corrected chi connectivity index (χ1v) is 7.97. The average molecular weight is 328 g/mol. The highest BCUT2D eigenvalue weighted by Gasteiger charge is 2.39. The van der Waals surface area contributed by atoms with Crippen LogP contribution in [0.25, 0.3) is 11.4 Å². The van der Waals surface area contributed by atoms with Gasteiger partial charge >= 0.3 is 0 Å². The van der Waals surface area contributed by atoms with Crippen LogP contribution < -0.4 is 11.1 Å². The highest BCUT2D eigenvalue weighted by atomic mass is 16.2. The van der Waals surface area contributed by atoms with Crippen LogP contribution in [0.4, 0.5) is 0 Å². The van der Waals surface area contributed by atoms with E-state index >= 15 is 0 Å². The summed E-state index contributed by atoms with van der Waals surface area (Å²) in [6.45, 7) is 0. The summed E-state index contributed by atoms with van der Waals surface area (Å²) in [5, 5.41) is 14.7. The minimum Gasteiger partial charge on any atom is -0.368 e. The number of rotatable bonds is 4. The maximum Gasteiger partial charge on any atom is 0.252 e. The number of nitrogens with zero attached hydrogens (tertiary/aromatic N) is 4. The average Bonchev–Trinajstić information content (AvgIpc) is 3.02. The van der Waals surface area contributed by atoms with Crippen molar-refractivity contribution in [2.75, 3.05) is 0 Å². The van der Waals surface area contributed by atoms with Gasteiger partial charge < -0.3 is 11.1 Å². The number of aromatic nitrogens is 4. The van der Waals surface area contributed by atoms with Gasteiger partial charge in [0.15, 0.2) is 0 Å². The van der Waals surface area contributed by atoms with Crippen molar-refractivity contribution in [1.29, 1.82) is 0 Å². The molecule has 0 atom stereocenters. The molecule has 1 fully saturated rings. The number of nitrogens with one attached hydrogen (secondary N) is 1. The minimum atomic E-state index is -0.930. The molecule has 1 aliphatic rings. The molecule has 1 heterocycles. The first kappa shape index (κ1) is 16.1. The monoisotopic (exact) mass is 328 g/mol. The Balaban J connectivity index is 1.76. The molecule has 0 bridgehead atoms. The van der Waals surface area contributed by atoms with E-state index in [1.54, 1.807) is 31.3 Å². The van der Waals surface area contributed by atoms with E-state index in [1.165, 1.54) is 4.80 Å². The molecule has 2 aromatic rings. The number of carbonyl (C=O) groups excluding carboxylic acids is 2. The van der Waals surface area contributed by atoms with Crippen molar-refractivity contribution in [2.45, 2.75) is 37.6 Å². The molecule has 0 aliphatic heterocycles. The standard InChI is InChI=1S/C16H20N6O2/c1-22-20-13(19-21-22)11-5-7-12(8-6-11)14(23)18-16(15(17)24)9-3-2-4-10-16/h5-8H,2-4,9-10H2,1H3,(H2,17,24)(H,18,23). The lowest BCUT2D eigenvalue weighted by molar-refractivity contribution is -0.125. The van der Waals surface area contributed by atoms with Gasteiger partial charge in [-0.3, -0.25) is 9.59 Å². The van der Waals surface area contributed by atoms with Crippen LogP contribution in [0, 0.1) is 0 Å². The van der Waals surface area contributed by atoms with Gasteiger partial charge in [-0.25, -0.2) is 0 Å². The Kier molecular flexibility index (Phi) is 4.28. The quantitative estimate of drug-likeness (QED) is 0.861. The summed E-state index contributed by atoms with van der Waals surface area (Å²) in [6, 6.07) is 6.87. The molecule has 1 aromatic heterocycles. The molecule has 126 valence electrons. The van der Waals surface area contributed by atoms with E-state index in [9.17, 15) is 9.59 Å². The first-order valence-electron chi connectivity index (χ1n) is 7.97. The minimum absolute atomic E-state index is 0.297. The molecular weight excluding hydrogens is 308 g/mol. The normalized spacial score (nSPS) is 16.5. The Bertz CT molecular complexity index is 746. The van der Waals surface area contributed by atoms with Crippen molar-refractivity contribution in [2.24, 2.45) is 12.8 Å². The second-order valence-electron chi connectivity index (χ2n) is 6.14. The van der Waals surface area contributed by atoms with Crippen molar-refractivity contribution in [3.05, 3.63) is 29.8 Å². The third-order valence-corrected chi connectivity index (χ3v) is 4.45. The van der Waals surface area contributed by atoms with Crippen LogP contribution in [0.15, 0.2) is 24.3 Å². The highest BCUT2D eigenvalue weighted by molar-refractivity contribution is 5.99. The topological polar surface area (TPSA) is 116 Å². The number of nitrogens with two attached hydrogens (primary N) is 1. The van der Waals surface area contributed by atoms with Crippen molar-refractivity contribution < 1.29 is 9.59 Å². The predicted octanol–water partition coefficient (Wildman–Crippen LogP) is 0.795. The van der Waals surface area contributed by atoms with Crippen LogP contribution in [0.5, 0.6) is 0 Å². The number of primary amides is 1. The fourth-order valence-corrected chi connectivity index (χ4v) is 3.05. The van der Waals surface area contributed by atoms with Crippen molar-refractivity contribution in [1.82, 2.24) is 25.5 Å². The third-order valence-electron chi connectivity index (χ3n) is 4.45. The third kappa shape index (κ3) is 3.12. The van der Waals surface area contributed by atoms with Crippen LogP contribution in [0.2, 0.25) is 0 Å². The number of hydrogen-bond acceptors (Lipinski definition) is 5. The summed E-state index contributed by atoms with van der Waals surface area (Å²) in [6.07, 6.45) is 4.02. The summed E-state index contributed by atoms with van der Waals surface area (Å²) >= 11 is 0. The Labute approximate surface area is 139 Å². The van der Waals surface area contributed by atoms with E-state index in [1.807, 2.05) is 0 Å². The fourth-order valence-electron chi connectivity index (χ4n) is 3.05. The summed E-state index contributed by atoms with van der Waals surface area (Å²) in [5.41, 5.74) is 5.85. The highest BCUT2D eigenvalue weighted by Crippen LogP contribution is 2.28. The zero-order valence-electron chi connectivity index (χ0n) is 13.5. The molecule has 1 aliphatic carbocycles. The second kappa shape index (κ2) is 6.38. The summed E-state index contributed by atoms with van der Waals surface area (Å²) in [7, 11) is 1.69. The second-order valence-corrected chi connectivity index (χ2v) is 6.14. The van der Waals surface area contributed by atoms with E-state index in [4.69, 9.17) is 5.73 Å². The molecule has 2 amide bonds. The van der Waals surface area contributed by atoms with Gasteiger partial charge in [-0.2, -0.15) is 4.80 Å². The van der Waals surface area contributed by atoms with Gasteiger partial charge in [-0.1, -0.05) is 31.4 Å². The lowest BCUT2D eigenvalue weighted by Crippen LogP contribution is -2.58. The van der Waals surface area contributed by atoms with Crippen molar-refractivity contribution in [3.63, 3.8) is 0 Å². The van der Waals surface area contributed by atoms with Crippen LogP contribution >= 0.6 is 0 Å². The number of benzene rings is 1. The summed E-state index contributed by atoms with van der Waals surface area (Å²) < 4.78 is 0. The molecule has 3 N–H and O–H groups in total. The Morgan fingerprint density at radius 3 is 2.38 bits per heavy atom. The molecule has 8 heteroatoms. The smallest absolute Gasteiger partial charge is 0.252 e. The van der Waals surface area contributed by atoms with Crippen LogP contribution in [-0.2, 0) is 11.8 Å². The van der Waals surface area contributed by atoms with Crippen LogP contribution in [0.1, 0.15) is 42.5 Å². The largest absolute Gasteiger partial charge is 0.368 e. The lowest BCUT2D eigenvalue weighted by Gasteiger charge is -2.35. The van der Waals surface area contributed by atoms with E-state index in [0.29, 0.717) is 24.2 Å². The predicted molar refractivity (Wildman–Crippen MR) is 86.7 cm³/mol. The first-order chi connectivity index (χ1) is 11.5. The lowest BCUT2D eigenvalue weighted by atomic mass is 9.81. The van der Waals surface area contributed by atoms with Gasteiger partial charge in [0, 0.05) is 11.1 Å². The van der Waals surface area contributed by atoms with Gasteiger partial charge in [0.2, 0.25) is 11.7 Å². The molecule has 0 unspecified atom stereocenters. The van der Waals surface area contributed by atoms with E-state index < -0.39 is 11.4 Å². The van der Waals surface area contributed by atoms with Crippen LogP contribution in [0.3, 0.4) is 0 Å². The Morgan fingerprint density at radius 1 is 1.17 bits per heavy atom. The van der Waals surface area contributed by atoms with E-state index in [2.05, 4.69) is 20.7 Å². The molecule has 3 rings (SSSR count). The number of hydrogen-bond donors (Lipinski definition) is 2. The fraction of sp³-hybridized carbons (Fsp3) is 0.438. The zero-order chi connectivity index (χ0) is 17.2. The molecule has 1 saturated carbocycles. The molecule has 1 aromatic carbocycles. The van der Waals surface area contributed by atoms with Gasteiger partial charge in [0.1, 0.15) is 5.54 Å². The van der Waals surface area contributed by atoms with E-state index in [-0.39, 0.29) is 5.91 Å². The number of carbonyl (C=O) groups is 2. The van der Waals surface area contributed by atoms with Gasteiger partial charge in [-0.05, 0) is 30.2 Å². The van der Waals surface area contributed by atoms with Gasteiger partial charge in [-0.15, -0.1) is 10.2 Å². The molecule has 0 spiro atoms. The number of amides is 2. The number of aryl methyl sites for hydroxylation is 1. The van der Waals surface area contributed by atoms with Crippen molar-refractivity contribution >= 4 is 11.8 Å². The van der Waals surface area contributed by atoms with Gasteiger partial charge in [0.25, 0.3) is 5.91 Å².